The summed E-state index contributed by atoms with van der Waals surface area (Å²) >= 11 is 5.10. The monoisotopic (exact) mass is 536 g/mol. The zero-order chi connectivity index (χ0) is 23.8. The molecule has 0 radical (unpaired) electrons. The van der Waals surface area contributed by atoms with Crippen LogP contribution >= 0.6 is 27.3 Å². The number of hydrogen-bond donors (Lipinski definition) is 2. The molecule has 3 aromatic heterocycles. The SMILES string of the molecule is CCNC(=O)c1ccc(-n2nc(-c3cccnc3)c3c2-c2sc(NC(C)=O)nc2CC3)c(Br)c1. The van der Waals surface area contributed by atoms with Crippen LogP contribution in [-0.4, -0.2) is 38.1 Å². The van der Waals surface area contributed by atoms with Gasteiger partial charge in [-0.3, -0.25) is 14.6 Å². The highest BCUT2D eigenvalue weighted by Crippen LogP contribution is 2.44. The molecule has 1 aliphatic carbocycles. The Bertz CT molecular complexity index is 1410. The van der Waals surface area contributed by atoms with E-state index in [1.165, 1.54) is 18.3 Å². The summed E-state index contributed by atoms with van der Waals surface area (Å²) < 4.78 is 2.65. The van der Waals surface area contributed by atoms with Crippen molar-refractivity contribution in [3.63, 3.8) is 0 Å². The number of nitrogens with zero attached hydrogens (tertiary/aromatic N) is 4. The van der Waals surface area contributed by atoms with Gasteiger partial charge < -0.3 is 10.6 Å². The molecule has 34 heavy (non-hydrogen) atoms. The fraction of sp³-hybridized carbons (Fsp3) is 0.208. The Hall–Kier alpha value is -3.37. The van der Waals surface area contributed by atoms with E-state index in [2.05, 4.69) is 36.5 Å². The first-order chi connectivity index (χ1) is 16.5. The number of fused-ring (bicyclic) bond motifs is 3. The van der Waals surface area contributed by atoms with Crippen LogP contribution in [0.4, 0.5) is 5.13 Å². The van der Waals surface area contributed by atoms with Gasteiger partial charge in [0, 0.05) is 47.0 Å². The number of thiazole rings is 1. The molecule has 0 spiro atoms. The summed E-state index contributed by atoms with van der Waals surface area (Å²) in [6.45, 7) is 3.92. The quantitative estimate of drug-likeness (QED) is 0.387. The Morgan fingerprint density at radius 1 is 1.24 bits per heavy atom. The number of halogens is 1. The Morgan fingerprint density at radius 2 is 2.09 bits per heavy atom. The van der Waals surface area contributed by atoms with E-state index in [4.69, 9.17) is 5.10 Å². The van der Waals surface area contributed by atoms with E-state index in [9.17, 15) is 9.59 Å². The molecule has 5 rings (SSSR count). The van der Waals surface area contributed by atoms with Gasteiger partial charge in [-0.05, 0) is 66.0 Å². The second kappa shape index (κ2) is 9.11. The second-order valence-electron chi connectivity index (χ2n) is 7.83. The topological polar surface area (TPSA) is 102 Å². The molecule has 4 aromatic rings. The van der Waals surface area contributed by atoms with E-state index in [1.807, 2.05) is 36.0 Å². The first-order valence-corrected chi connectivity index (χ1v) is 12.4. The minimum absolute atomic E-state index is 0.127. The second-order valence-corrected chi connectivity index (χ2v) is 9.68. The molecular formula is C24H21BrN6O2S. The van der Waals surface area contributed by atoms with E-state index in [0.29, 0.717) is 17.2 Å². The number of aryl methyl sites for hydroxylation is 1. The Labute approximate surface area is 208 Å². The number of anilines is 1. The number of amides is 2. The zero-order valence-electron chi connectivity index (χ0n) is 18.6. The number of pyridine rings is 1. The van der Waals surface area contributed by atoms with Crippen molar-refractivity contribution in [3.8, 4) is 27.5 Å². The van der Waals surface area contributed by atoms with Gasteiger partial charge in [0.2, 0.25) is 5.91 Å². The number of benzene rings is 1. The highest BCUT2D eigenvalue weighted by molar-refractivity contribution is 9.10. The average Bonchev–Trinajstić information content (AvgIpc) is 3.40. The van der Waals surface area contributed by atoms with Gasteiger partial charge in [0.05, 0.1) is 27.6 Å². The molecule has 10 heteroatoms. The van der Waals surface area contributed by atoms with Crippen LogP contribution in [-0.2, 0) is 17.6 Å². The number of carbonyl (C=O) groups is 2. The molecule has 8 nitrogen and oxygen atoms in total. The molecule has 3 heterocycles. The van der Waals surface area contributed by atoms with Gasteiger partial charge in [-0.1, -0.05) is 11.3 Å². The maximum Gasteiger partial charge on any atom is 0.251 e. The summed E-state index contributed by atoms with van der Waals surface area (Å²) in [5.74, 6) is -0.280. The third-order valence-electron chi connectivity index (χ3n) is 5.50. The van der Waals surface area contributed by atoms with Crippen molar-refractivity contribution in [2.75, 3.05) is 11.9 Å². The highest BCUT2D eigenvalue weighted by Gasteiger charge is 2.30. The smallest absolute Gasteiger partial charge is 0.251 e. The van der Waals surface area contributed by atoms with Crippen LogP contribution in [0.25, 0.3) is 27.5 Å². The summed E-state index contributed by atoms with van der Waals surface area (Å²) in [5, 5.41) is 11.2. The standard InChI is InChI=1S/C24H21BrN6O2S/c1-3-27-23(33)14-6-9-19(17(25)11-14)31-21-16(20(30-31)15-5-4-10-26-12-15)7-8-18-22(21)34-24(29-18)28-13(2)32/h4-6,9-12H,3,7-8H2,1-2H3,(H,27,33)(H,28,29,32). The predicted octanol–water partition coefficient (Wildman–Crippen LogP) is 4.63. The average molecular weight is 537 g/mol. The molecule has 0 saturated carbocycles. The Balaban J connectivity index is 1.70. The van der Waals surface area contributed by atoms with Gasteiger partial charge in [0.1, 0.15) is 0 Å². The third kappa shape index (κ3) is 4.03. The molecule has 0 atom stereocenters. The minimum Gasteiger partial charge on any atom is -0.352 e. The molecule has 0 fully saturated rings. The highest BCUT2D eigenvalue weighted by atomic mass is 79.9. The largest absolute Gasteiger partial charge is 0.352 e. The van der Waals surface area contributed by atoms with Gasteiger partial charge in [-0.2, -0.15) is 5.10 Å². The molecule has 0 unspecified atom stereocenters. The number of rotatable bonds is 5. The molecule has 1 aliphatic rings. The fourth-order valence-electron chi connectivity index (χ4n) is 4.07. The molecular weight excluding hydrogens is 516 g/mol. The molecule has 0 bridgehead atoms. The number of nitrogens with one attached hydrogen (secondary N) is 2. The number of aromatic nitrogens is 4. The summed E-state index contributed by atoms with van der Waals surface area (Å²) in [7, 11) is 0. The molecule has 172 valence electrons. The van der Waals surface area contributed by atoms with E-state index >= 15 is 0 Å². The van der Waals surface area contributed by atoms with Crippen molar-refractivity contribution in [3.05, 3.63) is 64.0 Å². The third-order valence-corrected chi connectivity index (χ3v) is 7.16. The van der Waals surface area contributed by atoms with Crippen LogP contribution in [0.1, 0.15) is 35.5 Å². The van der Waals surface area contributed by atoms with Crippen LogP contribution < -0.4 is 10.6 Å². The van der Waals surface area contributed by atoms with Gasteiger partial charge in [0.15, 0.2) is 5.13 Å². The minimum atomic E-state index is -0.153. The van der Waals surface area contributed by atoms with E-state index < -0.39 is 0 Å². The maximum atomic E-state index is 12.3. The van der Waals surface area contributed by atoms with E-state index in [0.717, 1.165) is 56.1 Å². The number of carbonyl (C=O) groups excluding carboxylic acids is 2. The number of hydrogen-bond acceptors (Lipinski definition) is 6. The molecule has 0 aliphatic heterocycles. The lowest BCUT2D eigenvalue weighted by atomic mass is 9.95. The normalized spacial score (nSPS) is 12.1. The van der Waals surface area contributed by atoms with Crippen molar-refractivity contribution in [2.45, 2.75) is 26.7 Å². The maximum absolute atomic E-state index is 12.3. The van der Waals surface area contributed by atoms with Crippen LogP contribution in [0, 0.1) is 0 Å². The van der Waals surface area contributed by atoms with Crippen LogP contribution in [0.3, 0.4) is 0 Å². The lowest BCUT2D eigenvalue weighted by Crippen LogP contribution is -2.22. The lowest BCUT2D eigenvalue weighted by molar-refractivity contribution is -0.114. The van der Waals surface area contributed by atoms with Gasteiger partial charge >= 0.3 is 0 Å². The van der Waals surface area contributed by atoms with Gasteiger partial charge in [-0.15, -0.1) is 0 Å². The Kier molecular flexibility index (Phi) is 6.01. The van der Waals surface area contributed by atoms with Gasteiger partial charge in [0.25, 0.3) is 5.91 Å². The van der Waals surface area contributed by atoms with Crippen molar-refractivity contribution < 1.29 is 9.59 Å². The lowest BCUT2D eigenvalue weighted by Gasteiger charge is -2.15. The van der Waals surface area contributed by atoms with Crippen LogP contribution in [0.2, 0.25) is 0 Å². The summed E-state index contributed by atoms with van der Waals surface area (Å²) in [4.78, 5) is 33.9. The van der Waals surface area contributed by atoms with Crippen molar-refractivity contribution >= 4 is 44.2 Å². The van der Waals surface area contributed by atoms with Crippen molar-refractivity contribution in [2.24, 2.45) is 0 Å². The summed E-state index contributed by atoms with van der Waals surface area (Å²) in [6.07, 6.45) is 5.08. The van der Waals surface area contributed by atoms with Crippen LogP contribution in [0.15, 0.2) is 47.2 Å². The fourth-order valence-corrected chi connectivity index (χ4v) is 5.73. The van der Waals surface area contributed by atoms with E-state index in [1.54, 1.807) is 18.3 Å². The van der Waals surface area contributed by atoms with Crippen molar-refractivity contribution in [1.82, 2.24) is 25.1 Å². The zero-order valence-corrected chi connectivity index (χ0v) is 21.0. The van der Waals surface area contributed by atoms with E-state index in [-0.39, 0.29) is 11.8 Å². The first kappa shape index (κ1) is 22.4. The molecule has 2 N–H and O–H groups in total. The Morgan fingerprint density at radius 3 is 2.79 bits per heavy atom. The molecule has 0 saturated heterocycles. The summed E-state index contributed by atoms with van der Waals surface area (Å²) in [5.41, 5.74) is 6.17. The molecule has 2 amide bonds. The summed E-state index contributed by atoms with van der Waals surface area (Å²) in [6, 6.07) is 9.38. The molecule has 1 aromatic carbocycles. The van der Waals surface area contributed by atoms with Crippen LogP contribution in [0.5, 0.6) is 0 Å². The van der Waals surface area contributed by atoms with Crippen molar-refractivity contribution in [1.29, 1.82) is 0 Å². The first-order valence-electron chi connectivity index (χ1n) is 10.8. The van der Waals surface area contributed by atoms with Gasteiger partial charge in [-0.25, -0.2) is 9.67 Å². The predicted molar refractivity (Wildman–Crippen MR) is 135 cm³/mol.